The molecule has 7 heteroatoms. The number of ketones is 1. The molecule has 1 aliphatic rings. The van der Waals surface area contributed by atoms with Gasteiger partial charge in [0.25, 0.3) is 0 Å². The number of carbonyl (C=O) groups excluding carboxylic acids is 1. The molecule has 0 bridgehead atoms. The Labute approximate surface area is 151 Å². The van der Waals surface area contributed by atoms with Crippen molar-refractivity contribution in [2.24, 2.45) is 0 Å². The van der Waals surface area contributed by atoms with Gasteiger partial charge in [-0.1, -0.05) is 58.3 Å². The van der Waals surface area contributed by atoms with E-state index in [0.29, 0.717) is 13.3 Å². The quantitative estimate of drug-likeness (QED) is 0.322. The van der Waals surface area contributed by atoms with Gasteiger partial charge in [-0.05, 0) is 6.42 Å². The fraction of sp³-hybridized carbons (Fsp3) is 0.944. The number of aliphatic hydroxyl groups is 5. The van der Waals surface area contributed by atoms with Crippen LogP contribution >= 0.6 is 0 Å². The SMILES string of the molecule is [2H]CCCCCCCCCCCC(=O)[C@]1(O)[C@H](O)[C@@H](CO)OC(O)[C@@H]1O. The van der Waals surface area contributed by atoms with Crippen LogP contribution in [0.15, 0.2) is 0 Å². The first kappa shape index (κ1) is 20.7. The molecule has 1 heterocycles. The predicted molar refractivity (Wildman–Crippen MR) is 91.8 cm³/mol. The van der Waals surface area contributed by atoms with Gasteiger partial charge in [-0.2, -0.15) is 0 Å². The lowest BCUT2D eigenvalue weighted by molar-refractivity contribution is -0.311. The summed E-state index contributed by atoms with van der Waals surface area (Å²) in [6, 6.07) is 0. The molecule has 1 rings (SSSR count). The van der Waals surface area contributed by atoms with E-state index in [0.717, 1.165) is 51.4 Å². The first-order chi connectivity index (χ1) is 12.4. The minimum absolute atomic E-state index is 0.0288. The van der Waals surface area contributed by atoms with E-state index in [4.69, 9.17) is 11.2 Å². The zero-order valence-corrected chi connectivity index (χ0v) is 14.8. The van der Waals surface area contributed by atoms with Crippen molar-refractivity contribution in [2.45, 2.75) is 101 Å². The Hall–Kier alpha value is -0.570. The molecule has 25 heavy (non-hydrogen) atoms. The Bertz CT molecular complexity index is 409. The maximum atomic E-state index is 12.3. The fourth-order valence-corrected chi connectivity index (χ4v) is 3.20. The van der Waals surface area contributed by atoms with E-state index in [1.807, 2.05) is 0 Å². The minimum Gasteiger partial charge on any atom is -0.394 e. The van der Waals surface area contributed by atoms with Crippen molar-refractivity contribution in [1.29, 1.82) is 0 Å². The summed E-state index contributed by atoms with van der Waals surface area (Å²) in [4.78, 5) is 12.3. The molecule has 0 aliphatic carbocycles. The highest BCUT2D eigenvalue weighted by atomic mass is 16.6. The number of rotatable bonds is 12. The maximum Gasteiger partial charge on any atom is 0.184 e. The number of aliphatic hydroxyl groups excluding tert-OH is 4. The van der Waals surface area contributed by atoms with E-state index >= 15 is 0 Å². The highest BCUT2D eigenvalue weighted by molar-refractivity contribution is 5.88. The zero-order valence-electron chi connectivity index (χ0n) is 15.8. The van der Waals surface area contributed by atoms with Gasteiger partial charge in [-0.15, -0.1) is 0 Å². The molecule has 0 amide bonds. The van der Waals surface area contributed by atoms with Crippen molar-refractivity contribution >= 4 is 5.78 Å². The number of unbranched alkanes of at least 4 members (excludes halogenated alkanes) is 8. The van der Waals surface area contributed by atoms with Gasteiger partial charge in [0.15, 0.2) is 17.7 Å². The third kappa shape index (κ3) is 5.98. The molecule has 1 aliphatic heterocycles. The molecular formula is C18H34O7. The molecule has 5 N–H and O–H groups in total. The first-order valence-corrected chi connectivity index (χ1v) is 9.25. The molecule has 1 saturated heterocycles. The van der Waals surface area contributed by atoms with Gasteiger partial charge < -0.3 is 30.3 Å². The largest absolute Gasteiger partial charge is 0.394 e. The lowest BCUT2D eigenvalue weighted by atomic mass is 9.79. The molecule has 148 valence electrons. The summed E-state index contributed by atoms with van der Waals surface area (Å²) in [5.74, 6) is -0.756. The van der Waals surface area contributed by atoms with Crippen LogP contribution in [0.1, 0.15) is 72.5 Å². The second-order valence-corrected chi connectivity index (χ2v) is 6.82. The van der Waals surface area contributed by atoms with Crippen molar-refractivity contribution < 1.29 is 36.4 Å². The number of carbonyl (C=O) groups is 1. The Kier molecular flexibility index (Phi) is 9.30. The smallest absolute Gasteiger partial charge is 0.184 e. The first-order valence-electron chi connectivity index (χ1n) is 9.95. The van der Waals surface area contributed by atoms with Gasteiger partial charge in [-0.25, -0.2) is 0 Å². The third-order valence-electron chi connectivity index (χ3n) is 4.87. The van der Waals surface area contributed by atoms with E-state index in [-0.39, 0.29) is 6.42 Å². The summed E-state index contributed by atoms with van der Waals surface area (Å²) < 4.78 is 11.9. The lowest BCUT2D eigenvalue weighted by Crippen LogP contribution is -2.70. The third-order valence-corrected chi connectivity index (χ3v) is 4.87. The van der Waals surface area contributed by atoms with Crippen LogP contribution in [0.2, 0.25) is 0 Å². The van der Waals surface area contributed by atoms with Crippen molar-refractivity contribution in [2.75, 3.05) is 6.61 Å². The van der Waals surface area contributed by atoms with E-state index in [1.54, 1.807) is 0 Å². The van der Waals surface area contributed by atoms with Crippen LogP contribution in [0.5, 0.6) is 0 Å². The predicted octanol–water partition coefficient (Wildman–Crippen LogP) is 0.639. The molecule has 0 saturated carbocycles. The summed E-state index contributed by atoms with van der Waals surface area (Å²) in [5, 5.41) is 49.2. The maximum absolute atomic E-state index is 12.3. The highest BCUT2D eigenvalue weighted by Gasteiger charge is 2.58. The Morgan fingerprint density at radius 1 is 1.00 bits per heavy atom. The molecular weight excluding hydrogens is 328 g/mol. The standard InChI is InChI=1S/C18H34O7/c1-2-3-4-5-6-7-8-9-10-11-14(20)18(24)15(21)13(12-19)25-17(23)16(18)22/h13,15-17,19,21-24H,2-12H2,1H3/t13-,15-,16+,17?,18+/m1/s1/i1D. The normalized spacial score (nSPS) is 33.2. The highest BCUT2D eigenvalue weighted by Crippen LogP contribution is 2.31. The summed E-state index contributed by atoms with van der Waals surface area (Å²) in [6.45, 7) is -0.200. The van der Waals surface area contributed by atoms with Crippen molar-refractivity contribution in [3.8, 4) is 0 Å². The van der Waals surface area contributed by atoms with Gasteiger partial charge in [0.05, 0.1) is 6.61 Å². The van der Waals surface area contributed by atoms with Gasteiger partial charge in [0.1, 0.15) is 18.3 Å². The Morgan fingerprint density at radius 3 is 2.12 bits per heavy atom. The van der Waals surface area contributed by atoms with E-state index in [9.17, 15) is 25.2 Å². The Morgan fingerprint density at radius 2 is 1.56 bits per heavy atom. The molecule has 0 aromatic rings. The van der Waals surface area contributed by atoms with Crippen LogP contribution in [0, 0.1) is 0 Å². The number of ether oxygens (including phenoxy) is 1. The molecule has 5 atom stereocenters. The van der Waals surface area contributed by atoms with Crippen LogP contribution < -0.4 is 0 Å². The molecule has 0 aromatic carbocycles. The molecule has 0 radical (unpaired) electrons. The second kappa shape index (κ2) is 11.2. The monoisotopic (exact) mass is 363 g/mol. The summed E-state index contributed by atoms with van der Waals surface area (Å²) in [7, 11) is 0. The van der Waals surface area contributed by atoms with Crippen molar-refractivity contribution in [3.05, 3.63) is 0 Å². The van der Waals surface area contributed by atoms with Gasteiger partial charge in [-0.3, -0.25) is 4.79 Å². The van der Waals surface area contributed by atoms with Crippen molar-refractivity contribution in [1.82, 2.24) is 0 Å². The fourth-order valence-electron chi connectivity index (χ4n) is 3.20. The molecule has 7 nitrogen and oxygen atoms in total. The number of hydrogen-bond donors (Lipinski definition) is 5. The summed E-state index contributed by atoms with van der Waals surface area (Å²) >= 11 is 0. The van der Waals surface area contributed by atoms with E-state index < -0.39 is 42.6 Å². The minimum atomic E-state index is -2.54. The van der Waals surface area contributed by atoms with Crippen LogP contribution in [0.3, 0.4) is 0 Å². The second-order valence-electron chi connectivity index (χ2n) is 6.82. The summed E-state index contributed by atoms with van der Waals surface area (Å²) in [5.41, 5.74) is -2.54. The molecule has 1 unspecified atom stereocenters. The Balaban J connectivity index is 2.30. The number of Topliss-reactive ketones (excluding diaryl/α,β-unsaturated/α-hetero) is 1. The molecule has 1 fully saturated rings. The average Bonchev–Trinajstić information content (AvgIpc) is 2.64. The zero-order chi connectivity index (χ0) is 19.6. The van der Waals surface area contributed by atoms with Crippen molar-refractivity contribution in [3.63, 3.8) is 0 Å². The van der Waals surface area contributed by atoms with Gasteiger partial charge in [0, 0.05) is 7.79 Å². The van der Waals surface area contributed by atoms with E-state index in [1.165, 1.54) is 0 Å². The topological polar surface area (TPSA) is 127 Å². The van der Waals surface area contributed by atoms with Crippen LogP contribution in [-0.2, 0) is 9.53 Å². The molecule has 0 aromatic heterocycles. The summed E-state index contributed by atoms with van der Waals surface area (Å²) in [6.07, 6.45) is 1.83. The van der Waals surface area contributed by atoms with Gasteiger partial charge >= 0.3 is 0 Å². The molecule has 0 spiro atoms. The average molecular weight is 363 g/mol. The van der Waals surface area contributed by atoms with Crippen LogP contribution in [0.4, 0.5) is 0 Å². The van der Waals surface area contributed by atoms with Crippen LogP contribution in [-0.4, -0.2) is 68.1 Å². The van der Waals surface area contributed by atoms with Gasteiger partial charge in [0.2, 0.25) is 0 Å². The van der Waals surface area contributed by atoms with E-state index in [2.05, 4.69) is 0 Å². The van der Waals surface area contributed by atoms with Crippen LogP contribution in [0.25, 0.3) is 0 Å². The number of hydrogen-bond acceptors (Lipinski definition) is 7. The lowest BCUT2D eigenvalue weighted by Gasteiger charge is -2.45.